The van der Waals surface area contributed by atoms with Gasteiger partial charge in [-0.05, 0) is 30.7 Å². The lowest BCUT2D eigenvalue weighted by molar-refractivity contribution is 0.102. The summed E-state index contributed by atoms with van der Waals surface area (Å²) in [4.78, 5) is 4.01. The Kier molecular flexibility index (Phi) is 3.21. The molecule has 18 heavy (non-hydrogen) atoms. The van der Waals surface area contributed by atoms with Crippen molar-refractivity contribution >= 4 is 5.69 Å². The lowest BCUT2D eigenvalue weighted by Crippen LogP contribution is -2.24. The molecule has 1 heterocycles. The number of rotatable bonds is 3. The summed E-state index contributed by atoms with van der Waals surface area (Å²) in [5, 5.41) is 10.7. The van der Waals surface area contributed by atoms with Crippen LogP contribution in [0, 0.1) is 0 Å². The Morgan fingerprint density at radius 3 is 2.78 bits per heavy atom. The van der Waals surface area contributed by atoms with Crippen LogP contribution in [-0.2, 0) is 5.60 Å². The summed E-state index contributed by atoms with van der Waals surface area (Å²) in [7, 11) is 1.59. The molecule has 2 aromatic rings. The number of nitrogen functional groups attached to an aromatic ring is 1. The number of pyridine rings is 1. The second-order valence-corrected chi connectivity index (χ2v) is 4.27. The van der Waals surface area contributed by atoms with Crippen LogP contribution in [0.4, 0.5) is 5.69 Å². The Bertz CT molecular complexity index is 553. The van der Waals surface area contributed by atoms with E-state index in [0.29, 0.717) is 22.6 Å². The van der Waals surface area contributed by atoms with Crippen LogP contribution in [-0.4, -0.2) is 17.2 Å². The minimum atomic E-state index is -1.20. The first-order valence-corrected chi connectivity index (χ1v) is 5.62. The van der Waals surface area contributed by atoms with E-state index in [4.69, 9.17) is 10.5 Å². The molecule has 0 saturated carbocycles. The van der Waals surface area contributed by atoms with Crippen LogP contribution in [0.1, 0.15) is 18.1 Å². The smallest absolute Gasteiger partial charge is 0.119 e. The number of benzene rings is 1. The van der Waals surface area contributed by atoms with Gasteiger partial charge in [0.15, 0.2) is 0 Å². The van der Waals surface area contributed by atoms with Crippen LogP contribution in [0.2, 0.25) is 0 Å². The minimum absolute atomic E-state index is 0.512. The predicted octanol–water partition coefficient (Wildman–Crippen LogP) is 1.93. The normalized spacial score (nSPS) is 13.9. The fourth-order valence-corrected chi connectivity index (χ4v) is 1.89. The van der Waals surface area contributed by atoms with Gasteiger partial charge in [0.05, 0.1) is 7.11 Å². The van der Waals surface area contributed by atoms with Crippen molar-refractivity contribution in [2.75, 3.05) is 12.8 Å². The summed E-state index contributed by atoms with van der Waals surface area (Å²) >= 11 is 0. The Labute approximate surface area is 106 Å². The number of anilines is 1. The van der Waals surface area contributed by atoms with Gasteiger partial charge >= 0.3 is 0 Å². The van der Waals surface area contributed by atoms with Crippen molar-refractivity contribution < 1.29 is 9.84 Å². The highest BCUT2D eigenvalue weighted by Crippen LogP contribution is 2.33. The molecule has 0 amide bonds. The lowest BCUT2D eigenvalue weighted by Gasteiger charge is -2.25. The van der Waals surface area contributed by atoms with Crippen molar-refractivity contribution in [1.29, 1.82) is 0 Å². The lowest BCUT2D eigenvalue weighted by atomic mass is 9.88. The molecule has 1 aromatic carbocycles. The molecule has 2 rings (SSSR count). The first kappa shape index (κ1) is 12.4. The molecule has 0 aliphatic rings. The van der Waals surface area contributed by atoms with Crippen molar-refractivity contribution in [3.05, 3.63) is 53.9 Å². The largest absolute Gasteiger partial charge is 0.497 e. The Morgan fingerprint density at radius 2 is 2.11 bits per heavy atom. The third kappa shape index (κ3) is 2.15. The molecule has 4 heteroatoms. The molecule has 1 atom stereocenters. The molecule has 0 bridgehead atoms. The zero-order valence-corrected chi connectivity index (χ0v) is 10.4. The standard InChI is InChI=1S/C14H16N2O2/c1-14(17,12-9-16-7-6-13(12)15)10-4-3-5-11(8-10)18-2/h3-9,17H,1-2H3,(H2,15,16). The van der Waals surface area contributed by atoms with Crippen LogP contribution in [0.15, 0.2) is 42.7 Å². The SMILES string of the molecule is COc1cccc(C(C)(O)c2cnccc2N)c1. The van der Waals surface area contributed by atoms with Gasteiger partial charge in [-0.2, -0.15) is 0 Å². The van der Waals surface area contributed by atoms with E-state index in [1.807, 2.05) is 18.2 Å². The molecule has 0 aliphatic carbocycles. The summed E-state index contributed by atoms with van der Waals surface area (Å²) in [6, 6.07) is 8.94. The van der Waals surface area contributed by atoms with E-state index in [1.54, 1.807) is 38.6 Å². The second-order valence-electron chi connectivity index (χ2n) is 4.27. The number of aliphatic hydroxyl groups is 1. The van der Waals surface area contributed by atoms with Crippen LogP contribution < -0.4 is 10.5 Å². The highest BCUT2D eigenvalue weighted by atomic mass is 16.5. The zero-order chi connectivity index (χ0) is 13.2. The highest BCUT2D eigenvalue weighted by Gasteiger charge is 2.28. The van der Waals surface area contributed by atoms with E-state index in [-0.39, 0.29) is 0 Å². The van der Waals surface area contributed by atoms with E-state index in [0.717, 1.165) is 0 Å². The van der Waals surface area contributed by atoms with Crippen LogP contribution in [0.3, 0.4) is 0 Å². The average Bonchev–Trinajstić information content (AvgIpc) is 2.39. The maximum atomic E-state index is 10.7. The van der Waals surface area contributed by atoms with Gasteiger partial charge in [0.2, 0.25) is 0 Å². The summed E-state index contributed by atoms with van der Waals surface area (Å²) in [6.45, 7) is 1.69. The number of nitrogens with two attached hydrogens (primary N) is 1. The summed E-state index contributed by atoms with van der Waals surface area (Å²) < 4.78 is 5.16. The third-order valence-electron chi connectivity index (χ3n) is 3.01. The first-order chi connectivity index (χ1) is 8.55. The van der Waals surface area contributed by atoms with Crippen molar-refractivity contribution in [2.45, 2.75) is 12.5 Å². The summed E-state index contributed by atoms with van der Waals surface area (Å²) in [6.07, 6.45) is 3.18. The van der Waals surface area contributed by atoms with E-state index in [1.165, 1.54) is 0 Å². The monoisotopic (exact) mass is 244 g/mol. The maximum Gasteiger partial charge on any atom is 0.119 e. The zero-order valence-electron chi connectivity index (χ0n) is 10.4. The first-order valence-electron chi connectivity index (χ1n) is 5.62. The number of nitrogens with zero attached hydrogens (tertiary/aromatic N) is 1. The van der Waals surface area contributed by atoms with Gasteiger partial charge in [0.1, 0.15) is 11.4 Å². The van der Waals surface area contributed by atoms with Gasteiger partial charge in [0.25, 0.3) is 0 Å². The number of ether oxygens (including phenoxy) is 1. The Balaban J connectivity index is 2.50. The van der Waals surface area contributed by atoms with E-state index < -0.39 is 5.60 Å². The molecule has 0 spiro atoms. The molecule has 0 fully saturated rings. The number of hydrogen-bond acceptors (Lipinski definition) is 4. The predicted molar refractivity (Wildman–Crippen MR) is 70.3 cm³/mol. The Morgan fingerprint density at radius 1 is 1.33 bits per heavy atom. The molecule has 0 aliphatic heterocycles. The van der Waals surface area contributed by atoms with Gasteiger partial charge in [-0.1, -0.05) is 12.1 Å². The fraction of sp³-hybridized carbons (Fsp3) is 0.214. The molecular weight excluding hydrogens is 228 g/mol. The van der Waals surface area contributed by atoms with Crippen molar-refractivity contribution in [3.63, 3.8) is 0 Å². The second kappa shape index (κ2) is 4.66. The Hall–Kier alpha value is -2.07. The molecule has 1 unspecified atom stereocenters. The molecule has 1 aromatic heterocycles. The van der Waals surface area contributed by atoms with Gasteiger partial charge in [0, 0.05) is 23.6 Å². The average molecular weight is 244 g/mol. The van der Waals surface area contributed by atoms with Crippen molar-refractivity contribution in [1.82, 2.24) is 4.98 Å². The summed E-state index contributed by atoms with van der Waals surface area (Å²) in [5.74, 6) is 0.690. The number of hydrogen-bond donors (Lipinski definition) is 2. The number of aromatic nitrogens is 1. The van der Waals surface area contributed by atoms with E-state index in [9.17, 15) is 5.11 Å². The van der Waals surface area contributed by atoms with Gasteiger partial charge in [-0.3, -0.25) is 4.98 Å². The van der Waals surface area contributed by atoms with Crippen LogP contribution >= 0.6 is 0 Å². The minimum Gasteiger partial charge on any atom is -0.497 e. The van der Waals surface area contributed by atoms with Gasteiger partial charge in [-0.25, -0.2) is 0 Å². The molecular formula is C14H16N2O2. The van der Waals surface area contributed by atoms with Crippen molar-refractivity contribution in [3.8, 4) is 5.75 Å². The van der Waals surface area contributed by atoms with E-state index in [2.05, 4.69) is 4.98 Å². The van der Waals surface area contributed by atoms with Crippen LogP contribution in [0.5, 0.6) is 5.75 Å². The molecule has 94 valence electrons. The number of methoxy groups -OCH3 is 1. The topological polar surface area (TPSA) is 68.4 Å². The quantitative estimate of drug-likeness (QED) is 0.865. The molecule has 0 radical (unpaired) electrons. The van der Waals surface area contributed by atoms with Crippen molar-refractivity contribution in [2.24, 2.45) is 0 Å². The third-order valence-corrected chi connectivity index (χ3v) is 3.01. The van der Waals surface area contributed by atoms with Gasteiger partial charge < -0.3 is 15.6 Å². The van der Waals surface area contributed by atoms with Gasteiger partial charge in [-0.15, -0.1) is 0 Å². The molecule has 4 nitrogen and oxygen atoms in total. The van der Waals surface area contributed by atoms with Crippen LogP contribution in [0.25, 0.3) is 0 Å². The fourth-order valence-electron chi connectivity index (χ4n) is 1.89. The van der Waals surface area contributed by atoms with E-state index >= 15 is 0 Å². The summed E-state index contributed by atoms with van der Waals surface area (Å²) in [5.41, 5.74) is 6.49. The highest BCUT2D eigenvalue weighted by molar-refractivity contribution is 5.52. The molecule has 3 N–H and O–H groups in total. The molecule has 0 saturated heterocycles. The maximum absolute atomic E-state index is 10.7.